The lowest BCUT2D eigenvalue weighted by molar-refractivity contribution is 0.975. The third-order valence-corrected chi connectivity index (χ3v) is 5.82. The van der Waals surface area contributed by atoms with Crippen molar-refractivity contribution in [2.24, 2.45) is 0 Å². The van der Waals surface area contributed by atoms with Crippen molar-refractivity contribution in [2.45, 2.75) is 19.3 Å². The molecule has 0 saturated carbocycles. The van der Waals surface area contributed by atoms with Crippen molar-refractivity contribution < 1.29 is 0 Å². The molecule has 0 aliphatic heterocycles. The van der Waals surface area contributed by atoms with E-state index in [1.165, 1.54) is 28.8 Å². The Kier molecular flexibility index (Phi) is 10.9. The van der Waals surface area contributed by atoms with Crippen LogP contribution in [0, 0.1) is 0 Å². The van der Waals surface area contributed by atoms with Crippen LogP contribution in [0.3, 0.4) is 0 Å². The summed E-state index contributed by atoms with van der Waals surface area (Å²) in [5.74, 6) is 2.24. The first kappa shape index (κ1) is 22.8. The van der Waals surface area contributed by atoms with Crippen molar-refractivity contribution in [1.82, 2.24) is 0 Å². The normalized spacial score (nSPS) is 10.8. The maximum atomic E-state index is 6.14. The summed E-state index contributed by atoms with van der Waals surface area (Å²) >= 11 is 25.9. The van der Waals surface area contributed by atoms with Gasteiger partial charge in [-0.25, -0.2) is 0 Å². The molecular weight excluding hydrogens is 442 g/mol. The number of rotatable bonds is 12. The van der Waals surface area contributed by atoms with Gasteiger partial charge in [0, 0.05) is 35.8 Å². The first-order valence-electron chi connectivity index (χ1n) is 8.88. The van der Waals surface area contributed by atoms with Gasteiger partial charge in [0.25, 0.3) is 0 Å². The van der Waals surface area contributed by atoms with Crippen LogP contribution in [0.5, 0.6) is 0 Å². The molecular formula is C20H24Cl4N2S. The number of aryl methyl sites for hydroxylation is 1. The molecule has 2 aromatic rings. The molecule has 0 aliphatic carbocycles. The van der Waals surface area contributed by atoms with Gasteiger partial charge in [0.05, 0.1) is 17.8 Å². The van der Waals surface area contributed by atoms with Crippen LogP contribution in [0.15, 0.2) is 42.5 Å². The maximum absolute atomic E-state index is 6.14. The number of hydrogen-bond acceptors (Lipinski definition) is 3. The zero-order valence-electron chi connectivity index (χ0n) is 15.1. The zero-order valence-corrected chi connectivity index (χ0v) is 18.9. The number of hydrogen-bond donors (Lipinski definition) is 1. The Morgan fingerprint density at radius 3 is 2.04 bits per heavy atom. The van der Waals surface area contributed by atoms with Gasteiger partial charge in [0.2, 0.25) is 0 Å². The van der Waals surface area contributed by atoms with Crippen LogP contribution in [0.4, 0.5) is 11.4 Å². The fourth-order valence-corrected chi connectivity index (χ4v) is 4.64. The van der Waals surface area contributed by atoms with E-state index in [2.05, 4.69) is 21.2 Å². The Bertz CT molecular complexity index is 685. The number of alkyl halides is 4. The van der Waals surface area contributed by atoms with Crippen molar-refractivity contribution in [3.05, 3.63) is 59.2 Å². The Morgan fingerprint density at radius 2 is 1.41 bits per heavy atom. The molecule has 0 saturated heterocycles. The van der Waals surface area contributed by atoms with Crippen LogP contribution < -0.4 is 9.03 Å². The quantitative estimate of drug-likeness (QED) is 0.275. The third-order valence-electron chi connectivity index (χ3n) is 4.16. The Morgan fingerprint density at radius 1 is 0.741 bits per heavy atom. The molecule has 0 atom stereocenters. The largest absolute Gasteiger partial charge is 0.312 e. The predicted molar refractivity (Wildman–Crippen MR) is 125 cm³/mol. The molecule has 0 bridgehead atoms. The molecule has 0 radical (unpaired) electrons. The van der Waals surface area contributed by atoms with Gasteiger partial charge in [-0.15, -0.1) is 46.4 Å². The van der Waals surface area contributed by atoms with Crippen LogP contribution in [-0.4, -0.2) is 30.1 Å². The van der Waals surface area contributed by atoms with E-state index < -0.39 is 0 Å². The van der Waals surface area contributed by atoms with E-state index in [1.807, 2.05) is 30.3 Å². The first-order chi connectivity index (χ1) is 13.2. The predicted octanol–water partition coefficient (Wildman–Crippen LogP) is 6.75. The standard InChI is InChI=1S/C20H24Cl4N2S/c21-11-8-16-6-7-20(19(10-13-23)18(16)9-12-22)26(15-14-24)27-25-17-4-2-1-3-5-17/h1-7,25H,8-15H2. The summed E-state index contributed by atoms with van der Waals surface area (Å²) < 4.78 is 5.58. The Balaban J connectivity index is 2.36. The van der Waals surface area contributed by atoms with E-state index >= 15 is 0 Å². The summed E-state index contributed by atoms with van der Waals surface area (Å²) in [6.07, 6.45) is 2.41. The van der Waals surface area contributed by atoms with Crippen molar-refractivity contribution in [3.8, 4) is 0 Å². The van der Waals surface area contributed by atoms with Crippen molar-refractivity contribution in [1.29, 1.82) is 0 Å². The second kappa shape index (κ2) is 12.9. The first-order valence-corrected chi connectivity index (χ1v) is 11.8. The highest BCUT2D eigenvalue weighted by atomic mass is 35.5. The molecule has 2 nitrogen and oxygen atoms in total. The van der Waals surface area contributed by atoms with Gasteiger partial charge in [0.15, 0.2) is 0 Å². The lowest BCUT2D eigenvalue weighted by atomic mass is 9.94. The van der Waals surface area contributed by atoms with Gasteiger partial charge >= 0.3 is 0 Å². The molecule has 0 heterocycles. The van der Waals surface area contributed by atoms with E-state index in [9.17, 15) is 0 Å². The molecule has 0 aromatic heterocycles. The average Bonchev–Trinajstić information content (AvgIpc) is 2.69. The lowest BCUT2D eigenvalue weighted by Crippen LogP contribution is -2.22. The second-order valence-electron chi connectivity index (χ2n) is 5.87. The van der Waals surface area contributed by atoms with E-state index in [0.717, 1.165) is 30.6 Å². The molecule has 0 aliphatic rings. The average molecular weight is 466 g/mol. The molecule has 0 fully saturated rings. The topological polar surface area (TPSA) is 15.3 Å². The van der Waals surface area contributed by atoms with Crippen LogP contribution in [-0.2, 0) is 19.3 Å². The molecule has 2 rings (SSSR count). The zero-order chi connectivity index (χ0) is 19.5. The second-order valence-corrected chi connectivity index (χ2v) is 8.21. The minimum Gasteiger partial charge on any atom is -0.312 e. The maximum Gasteiger partial charge on any atom is 0.0685 e. The minimum absolute atomic E-state index is 0.526. The van der Waals surface area contributed by atoms with Crippen LogP contribution in [0.2, 0.25) is 0 Å². The van der Waals surface area contributed by atoms with Crippen molar-refractivity contribution in [3.63, 3.8) is 0 Å². The highest BCUT2D eigenvalue weighted by Crippen LogP contribution is 2.33. The van der Waals surface area contributed by atoms with Gasteiger partial charge in [-0.05, 0) is 54.2 Å². The molecule has 0 amide bonds. The highest BCUT2D eigenvalue weighted by molar-refractivity contribution is 8.01. The number of para-hydroxylation sites is 1. The van der Waals surface area contributed by atoms with Crippen molar-refractivity contribution >= 4 is 69.9 Å². The van der Waals surface area contributed by atoms with Crippen LogP contribution >= 0.6 is 58.5 Å². The fourth-order valence-electron chi connectivity index (χ4n) is 2.98. The van der Waals surface area contributed by atoms with Gasteiger partial charge in [0.1, 0.15) is 0 Å². The summed E-state index contributed by atoms with van der Waals surface area (Å²) in [5.41, 5.74) is 5.93. The van der Waals surface area contributed by atoms with Crippen LogP contribution in [0.1, 0.15) is 16.7 Å². The summed E-state index contributed by atoms with van der Waals surface area (Å²) in [4.78, 5) is 0. The monoisotopic (exact) mass is 464 g/mol. The molecule has 7 heteroatoms. The van der Waals surface area contributed by atoms with Gasteiger partial charge in [-0.1, -0.05) is 24.3 Å². The molecule has 0 unspecified atom stereocenters. The number of nitrogens with one attached hydrogen (secondary N) is 1. The summed E-state index contributed by atoms with van der Waals surface area (Å²) in [6, 6.07) is 14.4. The number of benzene rings is 2. The minimum atomic E-state index is 0.526. The van der Waals surface area contributed by atoms with Gasteiger partial charge < -0.3 is 4.72 Å². The number of anilines is 2. The number of nitrogens with zero attached hydrogens (tertiary/aromatic N) is 1. The molecule has 0 spiro atoms. The summed E-state index contributed by atoms with van der Waals surface area (Å²) in [5, 5.41) is 0. The van der Waals surface area contributed by atoms with Crippen molar-refractivity contribution in [2.75, 3.05) is 39.1 Å². The number of halogens is 4. The Hall–Kier alpha value is -0.450. The SMILES string of the molecule is ClCCc1ccc(N(CCCl)SNc2ccccc2)c(CCCl)c1CCCl. The highest BCUT2D eigenvalue weighted by Gasteiger charge is 2.18. The molecule has 2 aromatic carbocycles. The molecule has 27 heavy (non-hydrogen) atoms. The summed E-state index contributed by atoms with van der Waals surface area (Å²) in [7, 11) is 0. The summed E-state index contributed by atoms with van der Waals surface area (Å²) in [6.45, 7) is 0.705. The lowest BCUT2D eigenvalue weighted by Gasteiger charge is -2.27. The van der Waals surface area contributed by atoms with E-state index in [-0.39, 0.29) is 0 Å². The smallest absolute Gasteiger partial charge is 0.0685 e. The molecule has 1 N–H and O–H groups in total. The van der Waals surface area contributed by atoms with E-state index in [4.69, 9.17) is 46.4 Å². The van der Waals surface area contributed by atoms with Gasteiger partial charge in [-0.2, -0.15) is 0 Å². The van der Waals surface area contributed by atoms with Crippen LogP contribution in [0.25, 0.3) is 0 Å². The fraction of sp³-hybridized carbons (Fsp3) is 0.400. The Labute approximate surface area is 186 Å². The van der Waals surface area contributed by atoms with E-state index in [1.54, 1.807) is 0 Å². The third kappa shape index (κ3) is 6.83. The van der Waals surface area contributed by atoms with E-state index in [0.29, 0.717) is 30.1 Å². The van der Waals surface area contributed by atoms with Gasteiger partial charge in [-0.3, -0.25) is 4.31 Å². The molecule has 148 valence electrons.